The van der Waals surface area contributed by atoms with E-state index in [0.29, 0.717) is 5.88 Å². The first-order valence-electron chi connectivity index (χ1n) is 7.18. The Kier molecular flexibility index (Phi) is 5.43. The van der Waals surface area contributed by atoms with Crippen molar-refractivity contribution in [2.75, 3.05) is 19.6 Å². The largest absolute Gasteiger partial charge is 0.385 e. The Morgan fingerprint density at radius 2 is 2.10 bits per heavy atom. The van der Waals surface area contributed by atoms with Crippen LogP contribution in [0.2, 0.25) is 0 Å². The van der Waals surface area contributed by atoms with Crippen molar-refractivity contribution in [2.24, 2.45) is 7.05 Å². The predicted molar refractivity (Wildman–Crippen MR) is 81.4 cm³/mol. The van der Waals surface area contributed by atoms with Gasteiger partial charge in [-0.1, -0.05) is 13.3 Å². The Bertz CT molecular complexity index is 561. The second-order valence-corrected chi connectivity index (χ2v) is 5.34. The van der Waals surface area contributed by atoms with Crippen molar-refractivity contribution >= 4 is 22.8 Å². The van der Waals surface area contributed by atoms with Gasteiger partial charge in [0, 0.05) is 39.6 Å². The highest BCUT2D eigenvalue weighted by atomic mass is 35.5. The van der Waals surface area contributed by atoms with Crippen LogP contribution in [0.25, 0.3) is 11.2 Å². The molecular weight excluding hydrogens is 276 g/mol. The maximum atomic E-state index is 5.90. The van der Waals surface area contributed by atoms with E-state index in [2.05, 4.69) is 16.6 Å². The van der Waals surface area contributed by atoms with E-state index in [0.717, 1.165) is 61.5 Å². The number of hydrogen-bond donors (Lipinski definition) is 0. The zero-order valence-electron chi connectivity index (χ0n) is 12.5. The van der Waals surface area contributed by atoms with Gasteiger partial charge in [-0.05, 0) is 12.8 Å². The van der Waals surface area contributed by atoms with Crippen molar-refractivity contribution < 1.29 is 4.74 Å². The van der Waals surface area contributed by atoms with Crippen molar-refractivity contribution in [1.82, 2.24) is 19.3 Å². The first kappa shape index (κ1) is 15.3. The third-order valence-corrected chi connectivity index (χ3v) is 3.59. The van der Waals surface area contributed by atoms with Crippen molar-refractivity contribution in [1.29, 1.82) is 0 Å². The Balaban J connectivity index is 2.41. The molecule has 0 aliphatic carbocycles. The van der Waals surface area contributed by atoms with Gasteiger partial charge in [0.15, 0.2) is 5.65 Å². The third-order valence-electron chi connectivity index (χ3n) is 3.41. The summed E-state index contributed by atoms with van der Waals surface area (Å²) < 4.78 is 9.33. The van der Waals surface area contributed by atoms with Crippen LogP contribution in [0.3, 0.4) is 0 Å². The molecule has 0 radical (unpaired) electrons. The van der Waals surface area contributed by atoms with Gasteiger partial charge < -0.3 is 9.30 Å². The molecule has 0 unspecified atom stereocenters. The summed E-state index contributed by atoms with van der Waals surface area (Å²) in [5.41, 5.74) is 3.22. The Labute approximate surface area is 124 Å². The van der Waals surface area contributed by atoms with Crippen molar-refractivity contribution in [3.05, 3.63) is 11.5 Å². The molecule has 0 spiro atoms. The van der Waals surface area contributed by atoms with Gasteiger partial charge in [0.25, 0.3) is 0 Å². The van der Waals surface area contributed by atoms with Crippen LogP contribution in [-0.2, 0) is 31.2 Å². The summed E-state index contributed by atoms with van der Waals surface area (Å²) in [5.74, 6) is 1.64. The summed E-state index contributed by atoms with van der Waals surface area (Å²) in [6.45, 7) is 3.80. The fraction of sp³-hybridized carbons (Fsp3) is 0.714. The topological polar surface area (TPSA) is 44.9 Å². The number of nitrogens with zero attached hydrogens (tertiary/aromatic N) is 4. The molecule has 0 aliphatic rings. The lowest BCUT2D eigenvalue weighted by Gasteiger charge is -2.08. The van der Waals surface area contributed by atoms with E-state index in [4.69, 9.17) is 21.3 Å². The van der Waals surface area contributed by atoms with Crippen LogP contribution >= 0.6 is 11.6 Å². The monoisotopic (exact) mass is 298 g/mol. The first-order valence-corrected chi connectivity index (χ1v) is 7.72. The number of fused-ring (bicyclic) bond motifs is 1. The van der Waals surface area contributed by atoms with E-state index in [9.17, 15) is 0 Å². The van der Waals surface area contributed by atoms with E-state index in [1.807, 2.05) is 11.7 Å². The second-order valence-electron chi connectivity index (χ2n) is 4.96. The normalized spacial score (nSPS) is 11.6. The summed E-state index contributed by atoms with van der Waals surface area (Å²) >= 11 is 5.90. The minimum Gasteiger partial charge on any atom is -0.385 e. The standard InChI is InChI=1S/C14H23ClN4O/c1-4-6-11-13-14(18(2)17-11)19(9-5-10-20-3)12(16-13)7-8-15/h4-10H2,1-3H3. The number of halogens is 1. The molecule has 0 saturated carbocycles. The van der Waals surface area contributed by atoms with Gasteiger partial charge in [-0.2, -0.15) is 5.10 Å². The molecule has 0 bridgehead atoms. The van der Waals surface area contributed by atoms with Gasteiger partial charge in [0.2, 0.25) is 0 Å². The van der Waals surface area contributed by atoms with Crippen LogP contribution in [0.1, 0.15) is 31.3 Å². The molecule has 5 nitrogen and oxygen atoms in total. The fourth-order valence-electron chi connectivity index (χ4n) is 2.57. The molecule has 0 fully saturated rings. The Hall–Kier alpha value is -1.07. The molecule has 0 aromatic carbocycles. The number of ether oxygens (including phenoxy) is 1. The SMILES string of the molecule is CCCc1nn(C)c2c1nc(CCCl)n2CCCOC. The van der Waals surface area contributed by atoms with Gasteiger partial charge in [-0.25, -0.2) is 4.98 Å². The fourth-order valence-corrected chi connectivity index (χ4v) is 2.74. The van der Waals surface area contributed by atoms with E-state index >= 15 is 0 Å². The zero-order chi connectivity index (χ0) is 14.5. The molecule has 0 atom stereocenters. The lowest BCUT2D eigenvalue weighted by atomic mass is 10.2. The maximum absolute atomic E-state index is 5.90. The zero-order valence-corrected chi connectivity index (χ0v) is 13.3. The molecular formula is C14H23ClN4O. The quantitative estimate of drug-likeness (QED) is 0.556. The van der Waals surface area contributed by atoms with Gasteiger partial charge in [0.1, 0.15) is 11.3 Å². The molecule has 2 aromatic heterocycles. The third kappa shape index (κ3) is 2.99. The molecule has 2 aromatic rings. The number of hydrogen-bond acceptors (Lipinski definition) is 3. The second kappa shape index (κ2) is 7.09. The maximum Gasteiger partial charge on any atom is 0.158 e. The molecule has 0 aliphatic heterocycles. The number of aromatic nitrogens is 4. The van der Waals surface area contributed by atoms with Gasteiger partial charge in [-0.3, -0.25) is 4.68 Å². The van der Waals surface area contributed by atoms with Crippen LogP contribution in [0, 0.1) is 0 Å². The van der Waals surface area contributed by atoms with Gasteiger partial charge >= 0.3 is 0 Å². The minimum absolute atomic E-state index is 0.587. The van der Waals surface area contributed by atoms with Crippen LogP contribution in [0.5, 0.6) is 0 Å². The average molecular weight is 299 g/mol. The first-order chi connectivity index (χ1) is 9.72. The van der Waals surface area contributed by atoms with E-state index in [1.165, 1.54) is 0 Å². The molecule has 0 saturated heterocycles. The molecule has 112 valence electrons. The highest BCUT2D eigenvalue weighted by Gasteiger charge is 2.18. The van der Waals surface area contributed by atoms with Crippen LogP contribution in [0.4, 0.5) is 0 Å². The lowest BCUT2D eigenvalue weighted by molar-refractivity contribution is 0.190. The molecule has 6 heteroatoms. The highest BCUT2D eigenvalue weighted by Crippen LogP contribution is 2.21. The summed E-state index contributed by atoms with van der Waals surface area (Å²) in [7, 11) is 3.72. The van der Waals surface area contributed by atoms with Crippen molar-refractivity contribution in [3.8, 4) is 0 Å². The molecule has 0 amide bonds. The number of methoxy groups -OCH3 is 1. The summed E-state index contributed by atoms with van der Waals surface area (Å²) in [5, 5.41) is 4.60. The molecule has 20 heavy (non-hydrogen) atoms. The number of alkyl halides is 1. The average Bonchev–Trinajstić information content (AvgIpc) is 2.91. The number of aryl methyl sites for hydroxylation is 4. The van der Waals surface area contributed by atoms with Crippen molar-refractivity contribution in [3.63, 3.8) is 0 Å². The van der Waals surface area contributed by atoms with Crippen LogP contribution < -0.4 is 0 Å². The smallest absolute Gasteiger partial charge is 0.158 e. The Morgan fingerprint density at radius 1 is 1.30 bits per heavy atom. The number of imidazole rings is 1. The highest BCUT2D eigenvalue weighted by molar-refractivity contribution is 6.17. The summed E-state index contributed by atoms with van der Waals surface area (Å²) in [6.07, 6.45) is 3.79. The van der Waals surface area contributed by atoms with E-state index in [-0.39, 0.29) is 0 Å². The van der Waals surface area contributed by atoms with Gasteiger partial charge in [-0.15, -0.1) is 11.6 Å². The predicted octanol–water partition coefficient (Wildman–Crippen LogP) is 2.54. The summed E-state index contributed by atoms with van der Waals surface area (Å²) in [4.78, 5) is 4.77. The van der Waals surface area contributed by atoms with E-state index < -0.39 is 0 Å². The van der Waals surface area contributed by atoms with Crippen LogP contribution in [0.15, 0.2) is 0 Å². The van der Waals surface area contributed by atoms with Crippen LogP contribution in [-0.4, -0.2) is 38.9 Å². The van der Waals surface area contributed by atoms with Crippen molar-refractivity contribution in [2.45, 2.75) is 39.2 Å². The molecule has 2 heterocycles. The Morgan fingerprint density at radius 3 is 2.75 bits per heavy atom. The van der Waals surface area contributed by atoms with E-state index in [1.54, 1.807) is 7.11 Å². The number of rotatable bonds is 8. The molecule has 0 N–H and O–H groups in total. The minimum atomic E-state index is 0.587. The van der Waals surface area contributed by atoms with Gasteiger partial charge in [0.05, 0.1) is 5.69 Å². The lowest BCUT2D eigenvalue weighted by Crippen LogP contribution is -2.09. The summed E-state index contributed by atoms with van der Waals surface area (Å²) in [6, 6.07) is 0. The molecule has 2 rings (SSSR count).